The summed E-state index contributed by atoms with van der Waals surface area (Å²) < 4.78 is 16.2. The summed E-state index contributed by atoms with van der Waals surface area (Å²) in [4.78, 5) is 24.2. The third-order valence-corrected chi connectivity index (χ3v) is 4.11. The summed E-state index contributed by atoms with van der Waals surface area (Å²) in [5, 5.41) is 12.2. The molecule has 7 nitrogen and oxygen atoms in total. The van der Waals surface area contributed by atoms with E-state index in [0.717, 1.165) is 0 Å². The van der Waals surface area contributed by atoms with Crippen LogP contribution in [0.4, 0.5) is 0 Å². The lowest BCUT2D eigenvalue weighted by Gasteiger charge is -2.33. The second-order valence-electron chi connectivity index (χ2n) is 6.52. The first-order chi connectivity index (χ1) is 11.9. The van der Waals surface area contributed by atoms with E-state index in [1.807, 2.05) is 13.8 Å². The molecule has 7 heteroatoms. The number of rotatable bonds is 7. The molecule has 0 atom stereocenters. The van der Waals surface area contributed by atoms with Gasteiger partial charge in [0.2, 0.25) is 0 Å². The van der Waals surface area contributed by atoms with Crippen LogP contribution in [0.2, 0.25) is 0 Å². The zero-order chi connectivity index (χ0) is 18.4. The number of carboxylic acid groups (broad SMARTS) is 1. The number of nitrogens with one attached hydrogen (secondary N) is 1. The second kappa shape index (κ2) is 8.20. The largest absolute Gasteiger partial charge is 0.493 e. The first kappa shape index (κ1) is 19.1. The Balaban J connectivity index is 2.16. The number of aliphatic carboxylic acids is 1. The molecule has 1 amide bonds. The van der Waals surface area contributed by atoms with Crippen molar-refractivity contribution in [3.05, 3.63) is 23.8 Å². The van der Waals surface area contributed by atoms with Crippen molar-refractivity contribution in [2.24, 2.45) is 5.92 Å². The maximum atomic E-state index is 12.6. The number of methoxy groups -OCH3 is 1. The molecule has 0 aliphatic carbocycles. The maximum Gasteiger partial charge on any atom is 0.329 e. The summed E-state index contributed by atoms with van der Waals surface area (Å²) in [6.45, 7) is 5.21. The number of carbonyl (C=O) groups is 2. The van der Waals surface area contributed by atoms with E-state index >= 15 is 0 Å². The van der Waals surface area contributed by atoms with E-state index in [-0.39, 0.29) is 12.8 Å². The number of ether oxygens (including phenoxy) is 3. The van der Waals surface area contributed by atoms with Crippen molar-refractivity contribution in [3.63, 3.8) is 0 Å². The molecule has 0 saturated carbocycles. The Morgan fingerprint density at radius 1 is 1.28 bits per heavy atom. The van der Waals surface area contributed by atoms with Gasteiger partial charge in [-0.1, -0.05) is 13.8 Å². The van der Waals surface area contributed by atoms with E-state index < -0.39 is 17.4 Å². The van der Waals surface area contributed by atoms with Crippen LogP contribution in [0.15, 0.2) is 18.2 Å². The van der Waals surface area contributed by atoms with Crippen molar-refractivity contribution in [1.82, 2.24) is 5.32 Å². The zero-order valence-electron chi connectivity index (χ0n) is 14.8. The van der Waals surface area contributed by atoms with Gasteiger partial charge in [0.05, 0.1) is 13.7 Å². The fourth-order valence-electron chi connectivity index (χ4n) is 2.59. The Labute approximate surface area is 147 Å². The number of carboxylic acids is 1. The van der Waals surface area contributed by atoms with Gasteiger partial charge in [0.15, 0.2) is 11.5 Å². The van der Waals surface area contributed by atoms with Crippen LogP contribution in [0.1, 0.15) is 37.0 Å². The Kier molecular flexibility index (Phi) is 6.25. The van der Waals surface area contributed by atoms with E-state index in [2.05, 4.69) is 5.32 Å². The lowest BCUT2D eigenvalue weighted by Crippen LogP contribution is -2.57. The standard InChI is InChI=1S/C18H25NO6/c1-12(2)11-25-14-5-4-13(10-15(14)23-3)16(20)19-18(17(21)22)6-8-24-9-7-18/h4-5,10,12H,6-9,11H2,1-3H3,(H,19,20)(H,21,22). The molecule has 0 unspecified atom stereocenters. The van der Waals surface area contributed by atoms with Crippen molar-refractivity contribution in [2.45, 2.75) is 32.2 Å². The highest BCUT2D eigenvalue weighted by molar-refractivity contribution is 5.98. The maximum absolute atomic E-state index is 12.6. The van der Waals surface area contributed by atoms with Gasteiger partial charge in [-0.3, -0.25) is 4.79 Å². The van der Waals surface area contributed by atoms with Gasteiger partial charge in [-0.05, 0) is 24.1 Å². The SMILES string of the molecule is COc1cc(C(=O)NC2(C(=O)O)CCOCC2)ccc1OCC(C)C. The van der Waals surface area contributed by atoms with Crippen LogP contribution in [0, 0.1) is 5.92 Å². The highest BCUT2D eigenvalue weighted by Crippen LogP contribution is 2.29. The van der Waals surface area contributed by atoms with Crippen molar-refractivity contribution in [3.8, 4) is 11.5 Å². The lowest BCUT2D eigenvalue weighted by atomic mass is 9.89. The monoisotopic (exact) mass is 351 g/mol. The normalized spacial score (nSPS) is 16.3. The Morgan fingerprint density at radius 3 is 2.52 bits per heavy atom. The van der Waals surface area contributed by atoms with Crippen LogP contribution in [-0.4, -0.2) is 49.5 Å². The second-order valence-corrected chi connectivity index (χ2v) is 6.52. The van der Waals surface area contributed by atoms with Gasteiger partial charge in [-0.15, -0.1) is 0 Å². The average Bonchev–Trinajstić information content (AvgIpc) is 2.60. The molecule has 0 radical (unpaired) electrons. The van der Waals surface area contributed by atoms with Crippen molar-refractivity contribution in [2.75, 3.05) is 26.9 Å². The molecule has 0 spiro atoms. The van der Waals surface area contributed by atoms with Gasteiger partial charge in [-0.2, -0.15) is 0 Å². The van der Waals surface area contributed by atoms with Gasteiger partial charge in [0.25, 0.3) is 5.91 Å². The Morgan fingerprint density at radius 2 is 1.96 bits per heavy atom. The van der Waals surface area contributed by atoms with Crippen LogP contribution >= 0.6 is 0 Å². The molecule has 2 rings (SSSR count). The quantitative estimate of drug-likeness (QED) is 0.781. The van der Waals surface area contributed by atoms with E-state index in [1.165, 1.54) is 7.11 Å². The van der Waals surface area contributed by atoms with Crippen LogP contribution in [0.5, 0.6) is 11.5 Å². The van der Waals surface area contributed by atoms with Gasteiger partial charge < -0.3 is 24.6 Å². The summed E-state index contributed by atoms with van der Waals surface area (Å²) in [5.41, 5.74) is -0.976. The van der Waals surface area contributed by atoms with Crippen molar-refractivity contribution >= 4 is 11.9 Å². The zero-order valence-corrected chi connectivity index (χ0v) is 14.8. The molecule has 1 aromatic carbocycles. The van der Waals surface area contributed by atoms with Gasteiger partial charge >= 0.3 is 5.97 Å². The molecule has 25 heavy (non-hydrogen) atoms. The molecule has 1 aliphatic rings. The predicted molar refractivity (Wildman–Crippen MR) is 91.2 cm³/mol. The van der Waals surface area contributed by atoms with Crippen LogP contribution < -0.4 is 14.8 Å². The lowest BCUT2D eigenvalue weighted by molar-refractivity contribution is -0.148. The smallest absolute Gasteiger partial charge is 0.329 e. The average molecular weight is 351 g/mol. The minimum Gasteiger partial charge on any atom is -0.493 e. The molecule has 138 valence electrons. The fraction of sp³-hybridized carbons (Fsp3) is 0.556. The van der Waals surface area contributed by atoms with Gasteiger partial charge in [0, 0.05) is 31.6 Å². The molecule has 2 N–H and O–H groups in total. The number of benzene rings is 1. The van der Waals surface area contributed by atoms with Crippen molar-refractivity contribution < 1.29 is 28.9 Å². The van der Waals surface area contributed by atoms with Gasteiger partial charge in [0.1, 0.15) is 5.54 Å². The van der Waals surface area contributed by atoms with E-state index in [1.54, 1.807) is 18.2 Å². The third-order valence-electron chi connectivity index (χ3n) is 4.11. The molecule has 1 fully saturated rings. The highest BCUT2D eigenvalue weighted by Gasteiger charge is 2.41. The minimum atomic E-state index is -1.30. The fourth-order valence-corrected chi connectivity index (χ4v) is 2.59. The van der Waals surface area contributed by atoms with Gasteiger partial charge in [-0.25, -0.2) is 4.79 Å². The summed E-state index contributed by atoms with van der Waals surface area (Å²) in [7, 11) is 1.50. The molecule has 0 bridgehead atoms. The molecular formula is C18H25NO6. The first-order valence-electron chi connectivity index (χ1n) is 8.32. The minimum absolute atomic E-state index is 0.237. The Bertz CT molecular complexity index is 622. The number of hydrogen-bond donors (Lipinski definition) is 2. The number of hydrogen-bond acceptors (Lipinski definition) is 5. The summed E-state index contributed by atoms with van der Waals surface area (Å²) in [5.74, 6) is -0.168. The third kappa shape index (κ3) is 4.63. The predicted octanol–water partition coefficient (Wildman–Crippen LogP) is 2.09. The first-order valence-corrected chi connectivity index (χ1v) is 8.32. The number of carbonyl (C=O) groups excluding carboxylic acids is 1. The molecule has 1 saturated heterocycles. The van der Waals surface area contributed by atoms with Crippen LogP contribution in [-0.2, 0) is 9.53 Å². The molecule has 1 heterocycles. The van der Waals surface area contributed by atoms with Crippen molar-refractivity contribution in [1.29, 1.82) is 0 Å². The van der Waals surface area contributed by atoms with E-state index in [4.69, 9.17) is 14.2 Å². The van der Waals surface area contributed by atoms with Crippen LogP contribution in [0.25, 0.3) is 0 Å². The Hall–Kier alpha value is -2.28. The molecule has 0 aromatic heterocycles. The molecular weight excluding hydrogens is 326 g/mol. The van der Waals surface area contributed by atoms with E-state index in [0.29, 0.717) is 42.8 Å². The van der Waals surface area contributed by atoms with Crippen LogP contribution in [0.3, 0.4) is 0 Å². The topological polar surface area (TPSA) is 94.1 Å². The molecule has 1 aliphatic heterocycles. The highest BCUT2D eigenvalue weighted by atomic mass is 16.5. The summed E-state index contributed by atoms with van der Waals surface area (Å²) in [6.07, 6.45) is 0.474. The summed E-state index contributed by atoms with van der Waals surface area (Å²) in [6, 6.07) is 4.82. The van der Waals surface area contributed by atoms with E-state index in [9.17, 15) is 14.7 Å². The number of amides is 1. The molecule has 1 aromatic rings. The summed E-state index contributed by atoms with van der Waals surface area (Å²) >= 11 is 0.